The molecule has 30 heavy (non-hydrogen) atoms. The van der Waals surface area contributed by atoms with Crippen molar-refractivity contribution in [1.29, 1.82) is 0 Å². The number of hydrogen-bond acceptors (Lipinski definition) is 7. The predicted octanol–water partition coefficient (Wildman–Crippen LogP) is 4.91. The van der Waals surface area contributed by atoms with Crippen LogP contribution in [-0.2, 0) is 5.41 Å². The number of carboxylic acid groups (broad SMARTS) is 1. The van der Waals surface area contributed by atoms with Gasteiger partial charge in [-0.3, -0.25) is 15.4 Å². The third kappa shape index (κ3) is 5.49. The molecule has 5 N–H and O–H groups in total. The van der Waals surface area contributed by atoms with Crippen LogP contribution in [0.1, 0.15) is 36.1 Å². The highest BCUT2D eigenvalue weighted by molar-refractivity contribution is 7.99. The molecule has 0 atom stereocenters. The molecule has 1 aromatic heterocycles. The SMILES string of the molecule is CC(C)(C)c1nnc(NC(=O)c2ccc(Sc3ccc(NC(=O)O)cc3)c(N)c2)s1. The van der Waals surface area contributed by atoms with Gasteiger partial charge in [0.2, 0.25) is 5.13 Å². The number of anilines is 3. The summed E-state index contributed by atoms with van der Waals surface area (Å²) < 4.78 is 0. The van der Waals surface area contributed by atoms with E-state index in [-0.39, 0.29) is 11.3 Å². The van der Waals surface area contributed by atoms with E-state index in [9.17, 15) is 9.59 Å². The van der Waals surface area contributed by atoms with Gasteiger partial charge in [-0.2, -0.15) is 0 Å². The van der Waals surface area contributed by atoms with Crippen molar-refractivity contribution in [3.05, 3.63) is 53.0 Å². The second kappa shape index (κ2) is 8.72. The Morgan fingerprint density at radius 1 is 1.07 bits per heavy atom. The molecule has 1 heterocycles. The third-order valence-corrected chi connectivity index (χ3v) is 6.26. The number of nitrogen functional groups attached to an aromatic ring is 1. The molecular formula is C20H21N5O3S2. The van der Waals surface area contributed by atoms with E-state index in [1.165, 1.54) is 23.1 Å². The summed E-state index contributed by atoms with van der Waals surface area (Å²) in [7, 11) is 0. The highest BCUT2D eigenvalue weighted by Crippen LogP contribution is 2.33. The fraction of sp³-hybridized carbons (Fsp3) is 0.200. The van der Waals surface area contributed by atoms with Crippen molar-refractivity contribution in [1.82, 2.24) is 10.2 Å². The Balaban J connectivity index is 1.68. The molecule has 0 aliphatic heterocycles. The quantitative estimate of drug-likeness (QED) is 0.412. The lowest BCUT2D eigenvalue weighted by Crippen LogP contribution is -2.12. The van der Waals surface area contributed by atoms with Crippen molar-refractivity contribution in [3.8, 4) is 0 Å². The first-order valence-corrected chi connectivity index (χ1v) is 10.6. The fourth-order valence-electron chi connectivity index (χ4n) is 2.39. The number of carbonyl (C=O) groups excluding carboxylic acids is 1. The lowest BCUT2D eigenvalue weighted by Gasteiger charge is -2.12. The summed E-state index contributed by atoms with van der Waals surface area (Å²) in [5, 5.41) is 23.2. The molecule has 10 heteroatoms. The third-order valence-electron chi connectivity index (χ3n) is 3.89. The number of aromatic nitrogens is 2. The van der Waals surface area contributed by atoms with Crippen LogP contribution < -0.4 is 16.4 Å². The van der Waals surface area contributed by atoms with Crippen LogP contribution >= 0.6 is 23.1 Å². The van der Waals surface area contributed by atoms with E-state index >= 15 is 0 Å². The topological polar surface area (TPSA) is 130 Å². The molecule has 0 spiro atoms. The molecule has 2 amide bonds. The smallest absolute Gasteiger partial charge is 0.409 e. The lowest BCUT2D eigenvalue weighted by molar-refractivity contribution is 0.102. The minimum atomic E-state index is -1.11. The molecule has 3 rings (SSSR count). The molecular weight excluding hydrogens is 422 g/mol. The van der Waals surface area contributed by atoms with E-state index in [4.69, 9.17) is 10.8 Å². The number of rotatable bonds is 5. The Bertz CT molecular complexity index is 1070. The summed E-state index contributed by atoms with van der Waals surface area (Å²) in [5.41, 5.74) is 7.38. The molecule has 3 aromatic rings. The van der Waals surface area contributed by atoms with Gasteiger partial charge in [0.25, 0.3) is 5.91 Å². The maximum atomic E-state index is 12.5. The monoisotopic (exact) mass is 443 g/mol. The van der Waals surface area contributed by atoms with E-state index in [1.54, 1.807) is 42.5 Å². The van der Waals surface area contributed by atoms with Gasteiger partial charge in [0, 0.05) is 32.1 Å². The molecule has 0 bridgehead atoms. The lowest BCUT2D eigenvalue weighted by atomic mass is 9.98. The first-order chi connectivity index (χ1) is 14.1. The Morgan fingerprint density at radius 2 is 1.77 bits per heavy atom. The predicted molar refractivity (Wildman–Crippen MR) is 120 cm³/mol. The van der Waals surface area contributed by atoms with Crippen LogP contribution in [0.3, 0.4) is 0 Å². The zero-order chi connectivity index (χ0) is 21.9. The van der Waals surface area contributed by atoms with Crippen LogP contribution in [0.25, 0.3) is 0 Å². The first-order valence-electron chi connectivity index (χ1n) is 8.94. The Morgan fingerprint density at radius 3 is 2.33 bits per heavy atom. The summed E-state index contributed by atoms with van der Waals surface area (Å²) >= 11 is 2.77. The zero-order valence-corrected chi connectivity index (χ0v) is 18.2. The van der Waals surface area contributed by atoms with Crippen molar-refractivity contribution in [2.75, 3.05) is 16.4 Å². The second-order valence-electron chi connectivity index (χ2n) is 7.43. The van der Waals surface area contributed by atoms with E-state index in [0.29, 0.717) is 22.1 Å². The standard InChI is InChI=1S/C20H21N5O3S2/c1-20(2,3)17-24-25-18(30-17)23-16(26)11-4-9-15(14(21)10-11)29-13-7-5-12(6-8-13)22-19(27)28/h4-10,22H,21H2,1-3H3,(H,27,28)(H,23,25,26). The van der Waals surface area contributed by atoms with Crippen LogP contribution in [0.5, 0.6) is 0 Å². The number of amides is 2. The molecule has 2 aromatic carbocycles. The van der Waals surface area contributed by atoms with Gasteiger partial charge >= 0.3 is 6.09 Å². The van der Waals surface area contributed by atoms with Crippen LogP contribution in [0.15, 0.2) is 52.3 Å². The van der Waals surface area contributed by atoms with Crippen molar-refractivity contribution < 1.29 is 14.7 Å². The molecule has 0 fully saturated rings. The number of nitrogens with zero attached hydrogens (tertiary/aromatic N) is 2. The second-order valence-corrected chi connectivity index (χ2v) is 9.52. The van der Waals surface area contributed by atoms with Gasteiger partial charge in [0.15, 0.2) is 0 Å². The molecule has 0 radical (unpaired) electrons. The van der Waals surface area contributed by atoms with E-state index in [0.717, 1.165) is 14.8 Å². The Kier molecular flexibility index (Phi) is 6.28. The molecule has 0 unspecified atom stereocenters. The summed E-state index contributed by atoms with van der Waals surface area (Å²) in [6, 6.07) is 12.0. The summed E-state index contributed by atoms with van der Waals surface area (Å²) in [4.78, 5) is 24.9. The zero-order valence-electron chi connectivity index (χ0n) is 16.6. The van der Waals surface area contributed by atoms with Gasteiger partial charge in [-0.1, -0.05) is 43.9 Å². The largest absolute Gasteiger partial charge is 0.465 e. The number of benzene rings is 2. The summed E-state index contributed by atoms with van der Waals surface area (Å²) in [6.07, 6.45) is -1.11. The van der Waals surface area contributed by atoms with Gasteiger partial charge in [-0.15, -0.1) is 10.2 Å². The minimum absolute atomic E-state index is 0.133. The molecule has 8 nitrogen and oxygen atoms in total. The fourth-order valence-corrected chi connectivity index (χ4v) is 4.02. The number of hydrogen-bond donors (Lipinski definition) is 4. The van der Waals surface area contributed by atoms with Gasteiger partial charge in [-0.25, -0.2) is 4.79 Å². The van der Waals surface area contributed by atoms with Crippen LogP contribution in [0.4, 0.5) is 21.3 Å². The Hall–Kier alpha value is -3.11. The maximum Gasteiger partial charge on any atom is 0.409 e. The average Bonchev–Trinajstić information content (AvgIpc) is 3.13. The minimum Gasteiger partial charge on any atom is -0.465 e. The number of carbonyl (C=O) groups is 2. The first kappa shape index (κ1) is 21.6. The number of nitrogens with one attached hydrogen (secondary N) is 2. The molecule has 0 aliphatic rings. The Labute approximate surface area is 181 Å². The highest BCUT2D eigenvalue weighted by atomic mass is 32.2. The van der Waals surface area contributed by atoms with Gasteiger partial charge < -0.3 is 10.8 Å². The normalized spacial score (nSPS) is 11.2. The van der Waals surface area contributed by atoms with Crippen LogP contribution in [0.2, 0.25) is 0 Å². The highest BCUT2D eigenvalue weighted by Gasteiger charge is 2.20. The average molecular weight is 444 g/mol. The molecule has 0 aliphatic carbocycles. The van der Waals surface area contributed by atoms with Crippen LogP contribution in [0, 0.1) is 0 Å². The van der Waals surface area contributed by atoms with E-state index < -0.39 is 6.09 Å². The number of nitrogens with two attached hydrogens (primary N) is 1. The van der Waals surface area contributed by atoms with Crippen LogP contribution in [-0.4, -0.2) is 27.3 Å². The van der Waals surface area contributed by atoms with Crippen molar-refractivity contribution in [3.63, 3.8) is 0 Å². The summed E-state index contributed by atoms with van der Waals surface area (Å²) in [5.74, 6) is -0.307. The van der Waals surface area contributed by atoms with E-state index in [2.05, 4.69) is 20.8 Å². The van der Waals surface area contributed by atoms with E-state index in [1.807, 2.05) is 20.8 Å². The van der Waals surface area contributed by atoms with Gasteiger partial charge in [-0.05, 0) is 42.5 Å². The van der Waals surface area contributed by atoms with Crippen molar-refractivity contribution in [2.45, 2.75) is 36.0 Å². The van der Waals surface area contributed by atoms with Gasteiger partial charge in [0.05, 0.1) is 0 Å². The van der Waals surface area contributed by atoms with Gasteiger partial charge in [0.1, 0.15) is 5.01 Å². The summed E-state index contributed by atoms with van der Waals surface area (Å²) in [6.45, 7) is 6.10. The van der Waals surface area contributed by atoms with Crippen molar-refractivity contribution >= 4 is 51.6 Å². The van der Waals surface area contributed by atoms with Crippen molar-refractivity contribution in [2.24, 2.45) is 0 Å². The molecule has 156 valence electrons. The molecule has 0 saturated carbocycles. The maximum absolute atomic E-state index is 12.5. The molecule has 0 saturated heterocycles.